The fourth-order valence-corrected chi connectivity index (χ4v) is 3.55. The van der Waals surface area contributed by atoms with Gasteiger partial charge >= 0.3 is 23.3 Å². The number of carboxylic acids is 2. The molecule has 2 aromatic heterocycles. The molecule has 0 amide bonds. The fraction of sp³-hybridized carbons (Fsp3) is 0.0769. The Bertz CT molecular complexity index is 1670. The number of rotatable bonds is 9. The van der Waals surface area contributed by atoms with Gasteiger partial charge in [0.25, 0.3) is 0 Å². The number of hydrogen-bond acceptors (Lipinski definition) is 11. The smallest absolute Gasteiger partial charge is 0.337 e. The number of hydrogen-bond donors (Lipinski definition) is 4. The van der Waals surface area contributed by atoms with E-state index >= 15 is 0 Å². The Morgan fingerprint density at radius 1 is 0.881 bits per heavy atom. The number of aromatic carboxylic acids is 2. The minimum atomic E-state index is -1.28. The summed E-state index contributed by atoms with van der Waals surface area (Å²) in [6.07, 6.45) is 1.06. The number of carbonyl (C=O) groups is 2. The predicted molar refractivity (Wildman–Crippen MR) is 151 cm³/mol. The third-order valence-corrected chi connectivity index (χ3v) is 5.61. The molecular weight excluding hydrogens is 576 g/mol. The predicted octanol–water partition coefficient (Wildman–Crippen LogP) is 5.83. The lowest BCUT2D eigenvalue weighted by Gasteiger charge is -2.09. The summed E-state index contributed by atoms with van der Waals surface area (Å²) in [5, 5.41) is 45.9. The molecule has 0 atom stereocenters. The number of ether oxygens (including phenoxy) is 1. The number of nitrogens with zero attached hydrogens (tertiary/aromatic N) is 4. The Hall–Kier alpha value is -5.83. The summed E-state index contributed by atoms with van der Waals surface area (Å²) in [6.45, 7) is 1.47. The molecule has 0 saturated carbocycles. The minimum Gasteiger partial charge on any atom is -0.497 e. The molecule has 0 aliphatic rings. The number of anilines is 4. The zero-order valence-corrected chi connectivity index (χ0v) is 22.5. The zero-order valence-electron chi connectivity index (χ0n) is 21.8. The molecular formula is C26H21ClN6O9. The van der Waals surface area contributed by atoms with Gasteiger partial charge in [0.2, 0.25) is 11.6 Å². The van der Waals surface area contributed by atoms with Crippen LogP contribution in [0.4, 0.5) is 34.4 Å². The van der Waals surface area contributed by atoms with Gasteiger partial charge in [0, 0.05) is 34.7 Å². The van der Waals surface area contributed by atoms with E-state index in [-0.39, 0.29) is 28.5 Å². The first kappa shape index (κ1) is 30.7. The third-order valence-electron chi connectivity index (χ3n) is 5.37. The normalized spacial score (nSPS) is 10.1. The summed E-state index contributed by atoms with van der Waals surface area (Å²) < 4.78 is 5.01. The van der Waals surface area contributed by atoms with Gasteiger partial charge in [-0.3, -0.25) is 20.2 Å². The van der Waals surface area contributed by atoms with Crippen LogP contribution in [0.3, 0.4) is 0 Å². The number of aromatic nitrogens is 2. The maximum absolute atomic E-state index is 11.1. The van der Waals surface area contributed by atoms with E-state index in [1.807, 2.05) is 0 Å². The Morgan fingerprint density at radius 2 is 1.50 bits per heavy atom. The van der Waals surface area contributed by atoms with Crippen molar-refractivity contribution in [1.29, 1.82) is 0 Å². The van der Waals surface area contributed by atoms with Crippen molar-refractivity contribution in [2.45, 2.75) is 6.92 Å². The van der Waals surface area contributed by atoms with Crippen LogP contribution in [0.5, 0.6) is 5.75 Å². The Labute approximate surface area is 241 Å². The molecule has 15 nitrogen and oxygen atoms in total. The highest BCUT2D eigenvalue weighted by Crippen LogP contribution is 2.29. The van der Waals surface area contributed by atoms with Gasteiger partial charge in [0.05, 0.1) is 33.8 Å². The van der Waals surface area contributed by atoms with Crippen LogP contribution in [-0.4, -0.2) is 49.1 Å². The van der Waals surface area contributed by atoms with Gasteiger partial charge in [-0.1, -0.05) is 17.7 Å². The first-order chi connectivity index (χ1) is 19.9. The maximum Gasteiger partial charge on any atom is 0.337 e. The van der Waals surface area contributed by atoms with E-state index in [0.29, 0.717) is 22.1 Å². The SMILES string of the molecule is COc1ccc(Nc2ncc(C(=O)O)cc2[N+](=O)[O-])cc1.Cc1nc(Nc2cccc(Cl)c2)c([N+](=O)[O-])cc1C(=O)O. The molecule has 0 aliphatic heterocycles. The number of methoxy groups -OCH3 is 1. The molecule has 0 unspecified atom stereocenters. The highest BCUT2D eigenvalue weighted by molar-refractivity contribution is 6.30. The Kier molecular flexibility index (Phi) is 9.86. The van der Waals surface area contributed by atoms with Crippen molar-refractivity contribution in [3.05, 3.63) is 109 Å². The second kappa shape index (κ2) is 13.5. The monoisotopic (exact) mass is 596 g/mol. The highest BCUT2D eigenvalue weighted by atomic mass is 35.5. The van der Waals surface area contributed by atoms with E-state index in [4.69, 9.17) is 26.6 Å². The number of benzene rings is 2. The number of aryl methyl sites for hydroxylation is 1. The van der Waals surface area contributed by atoms with Crippen molar-refractivity contribution in [3.63, 3.8) is 0 Å². The molecule has 0 fully saturated rings. The van der Waals surface area contributed by atoms with E-state index in [1.54, 1.807) is 48.5 Å². The number of carboxylic acid groups (broad SMARTS) is 2. The number of nitro groups is 2. The summed E-state index contributed by atoms with van der Waals surface area (Å²) in [6, 6.07) is 15.2. The van der Waals surface area contributed by atoms with Gasteiger partial charge < -0.3 is 25.6 Å². The number of halogens is 1. The molecule has 2 aromatic carbocycles. The topological polar surface area (TPSA) is 220 Å². The molecule has 2 heterocycles. The molecule has 0 bridgehead atoms. The Balaban J connectivity index is 0.000000230. The van der Waals surface area contributed by atoms with Gasteiger partial charge in [-0.25, -0.2) is 19.6 Å². The van der Waals surface area contributed by atoms with Crippen LogP contribution < -0.4 is 15.4 Å². The van der Waals surface area contributed by atoms with E-state index in [0.717, 1.165) is 18.3 Å². The molecule has 0 saturated heterocycles. The van der Waals surface area contributed by atoms with Crippen LogP contribution in [0.15, 0.2) is 66.9 Å². The third kappa shape index (κ3) is 7.86. The van der Waals surface area contributed by atoms with E-state index in [9.17, 15) is 29.8 Å². The lowest BCUT2D eigenvalue weighted by Crippen LogP contribution is -2.07. The fourth-order valence-electron chi connectivity index (χ4n) is 3.36. The average Bonchev–Trinajstić information content (AvgIpc) is 2.93. The molecule has 0 radical (unpaired) electrons. The van der Waals surface area contributed by atoms with Crippen LogP contribution in [0.1, 0.15) is 26.4 Å². The summed E-state index contributed by atoms with van der Waals surface area (Å²) in [5.41, 5.74) is -0.0308. The molecule has 4 N–H and O–H groups in total. The van der Waals surface area contributed by atoms with Crippen molar-refractivity contribution in [2.24, 2.45) is 0 Å². The quantitative estimate of drug-likeness (QED) is 0.132. The minimum absolute atomic E-state index is 0.0323. The second-order valence-corrected chi connectivity index (χ2v) is 8.63. The molecule has 216 valence electrons. The van der Waals surface area contributed by atoms with E-state index in [1.165, 1.54) is 14.0 Å². The van der Waals surface area contributed by atoms with Gasteiger partial charge in [0.1, 0.15) is 5.75 Å². The van der Waals surface area contributed by atoms with Gasteiger partial charge in [-0.05, 0) is 49.4 Å². The van der Waals surface area contributed by atoms with Crippen molar-refractivity contribution < 1.29 is 34.4 Å². The van der Waals surface area contributed by atoms with Crippen LogP contribution in [0.2, 0.25) is 5.02 Å². The molecule has 16 heteroatoms. The van der Waals surface area contributed by atoms with Crippen LogP contribution in [0, 0.1) is 27.2 Å². The summed E-state index contributed by atoms with van der Waals surface area (Å²) in [5.74, 6) is -1.97. The first-order valence-corrected chi connectivity index (χ1v) is 12.0. The largest absolute Gasteiger partial charge is 0.497 e. The average molecular weight is 597 g/mol. The Morgan fingerprint density at radius 3 is 2.05 bits per heavy atom. The first-order valence-electron chi connectivity index (χ1n) is 11.6. The number of nitrogens with one attached hydrogen (secondary N) is 2. The maximum atomic E-state index is 11.1. The lowest BCUT2D eigenvalue weighted by molar-refractivity contribution is -0.384. The summed E-state index contributed by atoms with van der Waals surface area (Å²) in [4.78, 5) is 50.3. The van der Waals surface area contributed by atoms with Crippen molar-refractivity contribution in [2.75, 3.05) is 17.7 Å². The second-order valence-electron chi connectivity index (χ2n) is 8.19. The number of pyridine rings is 2. The van der Waals surface area contributed by atoms with Crippen molar-refractivity contribution in [3.8, 4) is 5.75 Å². The van der Waals surface area contributed by atoms with Crippen LogP contribution in [0.25, 0.3) is 0 Å². The molecule has 4 rings (SSSR count). The van der Waals surface area contributed by atoms with Gasteiger partial charge in [-0.2, -0.15) is 0 Å². The molecule has 0 aliphatic carbocycles. The highest BCUT2D eigenvalue weighted by Gasteiger charge is 2.22. The zero-order chi connectivity index (χ0) is 31.0. The van der Waals surface area contributed by atoms with Crippen molar-refractivity contribution >= 4 is 57.9 Å². The van der Waals surface area contributed by atoms with E-state index in [2.05, 4.69) is 20.6 Å². The summed E-state index contributed by atoms with van der Waals surface area (Å²) in [7, 11) is 1.53. The van der Waals surface area contributed by atoms with E-state index < -0.39 is 33.2 Å². The van der Waals surface area contributed by atoms with Crippen molar-refractivity contribution in [1.82, 2.24) is 9.97 Å². The van der Waals surface area contributed by atoms with Gasteiger partial charge in [-0.15, -0.1) is 0 Å². The lowest BCUT2D eigenvalue weighted by atomic mass is 10.2. The standard InChI is InChI=1S/C13H10ClN3O4.C13H11N3O5/c1-7-10(13(18)19)6-11(17(20)21)12(15-7)16-9-4-2-3-8(14)5-9;1-21-10-4-2-9(3-5-10)15-12-11(16(19)20)6-8(7-14-12)13(17)18/h2-6H,1H3,(H,15,16)(H,18,19);2-7H,1H3,(H,14,15)(H,17,18). The molecule has 42 heavy (non-hydrogen) atoms. The molecule has 4 aromatic rings. The van der Waals surface area contributed by atoms with Crippen LogP contribution in [-0.2, 0) is 0 Å². The molecule has 0 spiro atoms. The summed E-state index contributed by atoms with van der Waals surface area (Å²) >= 11 is 5.84. The van der Waals surface area contributed by atoms with Gasteiger partial charge in [0.15, 0.2) is 0 Å². The van der Waals surface area contributed by atoms with Crippen LogP contribution >= 0.6 is 11.6 Å².